The number of hydrogen-bond acceptors (Lipinski definition) is 4. The molecule has 1 fully saturated rings. The van der Waals surface area contributed by atoms with Crippen LogP contribution in [0.1, 0.15) is 27.7 Å². The van der Waals surface area contributed by atoms with Gasteiger partial charge in [0.15, 0.2) is 5.82 Å². The van der Waals surface area contributed by atoms with Crippen LogP contribution >= 0.6 is 0 Å². The molecular weight excluding hydrogens is 274 g/mol. The molecule has 5 nitrogen and oxygen atoms in total. The zero-order valence-corrected chi connectivity index (χ0v) is 14.5. The van der Waals surface area contributed by atoms with Crippen molar-refractivity contribution < 1.29 is 0 Å². The Morgan fingerprint density at radius 1 is 0.909 bits per heavy atom. The molecule has 1 aromatic rings. The summed E-state index contributed by atoms with van der Waals surface area (Å²) in [7, 11) is 0. The van der Waals surface area contributed by atoms with Crippen LogP contribution in [0.15, 0.2) is 12.1 Å². The molecular formula is C17H30N5. The molecule has 0 amide bonds. The van der Waals surface area contributed by atoms with Gasteiger partial charge in [-0.05, 0) is 39.8 Å². The average Bonchev–Trinajstić information content (AvgIpc) is 2.58. The maximum Gasteiger partial charge on any atom is 0.154 e. The maximum atomic E-state index is 5.02. The lowest BCUT2D eigenvalue weighted by molar-refractivity contribution is 0.574. The number of piperazine rings is 1. The molecule has 1 radical (unpaired) electrons. The van der Waals surface area contributed by atoms with Crippen molar-refractivity contribution in [1.82, 2.24) is 10.3 Å². The van der Waals surface area contributed by atoms with Crippen molar-refractivity contribution in [2.24, 2.45) is 0 Å². The largest absolute Gasteiger partial charge is 0.369 e. The lowest BCUT2D eigenvalue weighted by Gasteiger charge is -2.33. The van der Waals surface area contributed by atoms with Gasteiger partial charge < -0.3 is 14.7 Å². The Morgan fingerprint density at radius 3 is 2.05 bits per heavy atom. The molecule has 0 unspecified atom stereocenters. The van der Waals surface area contributed by atoms with Crippen molar-refractivity contribution in [3.05, 3.63) is 12.1 Å². The fourth-order valence-corrected chi connectivity index (χ4v) is 3.02. The summed E-state index contributed by atoms with van der Waals surface area (Å²) in [5.74, 6) is 2.21. The molecule has 0 atom stereocenters. The van der Waals surface area contributed by atoms with Gasteiger partial charge in [-0.1, -0.05) is 0 Å². The molecule has 1 aliphatic rings. The molecule has 123 valence electrons. The lowest BCUT2D eigenvalue weighted by Crippen LogP contribution is -2.42. The molecule has 22 heavy (non-hydrogen) atoms. The van der Waals surface area contributed by atoms with E-state index >= 15 is 0 Å². The highest BCUT2D eigenvalue weighted by Crippen LogP contribution is 2.30. The Bertz CT molecular complexity index is 448. The molecule has 0 aromatic carbocycles. The molecule has 0 saturated carbocycles. The third kappa shape index (κ3) is 3.64. The van der Waals surface area contributed by atoms with Gasteiger partial charge in [-0.25, -0.2) is 10.3 Å². The summed E-state index contributed by atoms with van der Waals surface area (Å²) >= 11 is 0. The lowest BCUT2D eigenvalue weighted by atomic mass is 10.2. The second-order valence-corrected chi connectivity index (χ2v) is 5.51. The van der Waals surface area contributed by atoms with Crippen LogP contribution in [-0.4, -0.2) is 57.3 Å². The molecule has 5 heteroatoms. The van der Waals surface area contributed by atoms with E-state index in [0.717, 1.165) is 64.0 Å². The van der Waals surface area contributed by atoms with Crippen molar-refractivity contribution in [2.45, 2.75) is 27.7 Å². The highest BCUT2D eigenvalue weighted by molar-refractivity contribution is 5.70. The van der Waals surface area contributed by atoms with Crippen LogP contribution in [0.5, 0.6) is 0 Å². The summed E-state index contributed by atoms with van der Waals surface area (Å²) in [4.78, 5) is 12.1. The predicted octanol–water partition coefficient (Wildman–Crippen LogP) is 2.20. The summed E-state index contributed by atoms with van der Waals surface area (Å²) in [5.41, 5.74) is 1.25. The van der Waals surface area contributed by atoms with Gasteiger partial charge in [0.2, 0.25) is 0 Å². The zero-order valence-electron chi connectivity index (χ0n) is 14.5. The third-order valence-electron chi connectivity index (χ3n) is 4.39. The Balaban J connectivity index is 2.39. The van der Waals surface area contributed by atoms with Gasteiger partial charge in [-0.2, -0.15) is 0 Å². The maximum absolute atomic E-state index is 5.02. The van der Waals surface area contributed by atoms with Crippen LogP contribution in [0.25, 0.3) is 0 Å². The third-order valence-corrected chi connectivity index (χ3v) is 4.39. The van der Waals surface area contributed by atoms with Crippen LogP contribution < -0.4 is 20.0 Å². The fourth-order valence-electron chi connectivity index (χ4n) is 3.02. The predicted molar refractivity (Wildman–Crippen MR) is 95.4 cm³/mol. The highest BCUT2D eigenvalue weighted by Gasteiger charge is 2.20. The first kappa shape index (κ1) is 16.9. The summed E-state index contributed by atoms with van der Waals surface area (Å²) < 4.78 is 0. The number of nitrogens with zero attached hydrogens (tertiary/aromatic N) is 5. The number of anilines is 3. The monoisotopic (exact) mass is 304 g/mol. The fraction of sp³-hybridized carbons (Fsp3) is 0.706. The van der Waals surface area contributed by atoms with E-state index in [0.29, 0.717) is 0 Å². The first-order valence-electron chi connectivity index (χ1n) is 8.64. The van der Waals surface area contributed by atoms with Crippen molar-refractivity contribution in [1.29, 1.82) is 0 Å². The van der Waals surface area contributed by atoms with E-state index in [-0.39, 0.29) is 0 Å². The van der Waals surface area contributed by atoms with Crippen molar-refractivity contribution in [2.75, 3.05) is 67.1 Å². The van der Waals surface area contributed by atoms with Crippen molar-refractivity contribution >= 4 is 17.3 Å². The number of hydrogen-bond donors (Lipinski definition) is 0. The normalized spacial score (nSPS) is 15.0. The summed E-state index contributed by atoms with van der Waals surface area (Å²) in [5, 5.41) is 4.46. The smallest absolute Gasteiger partial charge is 0.154 e. The van der Waals surface area contributed by atoms with E-state index in [2.05, 4.69) is 59.8 Å². The Labute approximate surface area is 135 Å². The number of aromatic nitrogens is 1. The van der Waals surface area contributed by atoms with Gasteiger partial charge in [-0.15, -0.1) is 0 Å². The van der Waals surface area contributed by atoms with Crippen LogP contribution in [0.2, 0.25) is 0 Å². The van der Waals surface area contributed by atoms with E-state index in [4.69, 9.17) is 4.98 Å². The summed E-state index contributed by atoms with van der Waals surface area (Å²) in [6, 6.07) is 4.41. The standard InChI is InChI=1S/C17H30N5/c1-5-20(6-2)15-9-10-16(21(7-3)8-4)19-17(15)22-13-11-18-12-14-22/h9-10H,5-8,11-14H2,1-4H3. The van der Waals surface area contributed by atoms with Crippen molar-refractivity contribution in [3.8, 4) is 0 Å². The average molecular weight is 304 g/mol. The molecule has 0 aliphatic carbocycles. The van der Waals surface area contributed by atoms with Crippen LogP contribution in [0, 0.1) is 0 Å². The van der Waals surface area contributed by atoms with E-state index < -0.39 is 0 Å². The van der Waals surface area contributed by atoms with Gasteiger partial charge in [0, 0.05) is 52.4 Å². The Morgan fingerprint density at radius 2 is 1.50 bits per heavy atom. The molecule has 2 rings (SSSR count). The van der Waals surface area contributed by atoms with E-state index in [1.54, 1.807) is 0 Å². The Hall–Kier alpha value is -1.49. The second kappa shape index (κ2) is 8.22. The minimum atomic E-state index is 0.912. The van der Waals surface area contributed by atoms with Gasteiger partial charge in [-0.3, -0.25) is 0 Å². The molecule has 1 aliphatic heterocycles. The summed E-state index contributed by atoms with van der Waals surface area (Å²) in [6.07, 6.45) is 0. The van der Waals surface area contributed by atoms with Gasteiger partial charge >= 0.3 is 0 Å². The van der Waals surface area contributed by atoms with Gasteiger partial charge in [0.05, 0.1) is 5.69 Å². The SMILES string of the molecule is CCN(CC)c1ccc(N(CC)CC)c(N2CC[N]CC2)n1. The minimum Gasteiger partial charge on any atom is -0.369 e. The van der Waals surface area contributed by atoms with Crippen LogP contribution in [0.4, 0.5) is 17.3 Å². The van der Waals surface area contributed by atoms with Gasteiger partial charge in [0.1, 0.15) is 5.82 Å². The zero-order chi connectivity index (χ0) is 15.9. The van der Waals surface area contributed by atoms with E-state index in [9.17, 15) is 0 Å². The highest BCUT2D eigenvalue weighted by atomic mass is 15.3. The second-order valence-electron chi connectivity index (χ2n) is 5.51. The molecule has 1 saturated heterocycles. The molecule has 1 aromatic heterocycles. The van der Waals surface area contributed by atoms with Crippen LogP contribution in [-0.2, 0) is 0 Å². The minimum absolute atomic E-state index is 0.912. The Kier molecular flexibility index (Phi) is 6.31. The molecule has 0 spiro atoms. The summed E-state index contributed by atoms with van der Waals surface area (Å²) in [6.45, 7) is 16.5. The van der Waals surface area contributed by atoms with E-state index in [1.807, 2.05) is 0 Å². The van der Waals surface area contributed by atoms with Gasteiger partial charge in [0.25, 0.3) is 0 Å². The molecule has 0 bridgehead atoms. The topological polar surface area (TPSA) is 36.7 Å². The first-order valence-corrected chi connectivity index (χ1v) is 8.64. The number of pyridine rings is 1. The molecule has 2 heterocycles. The van der Waals surface area contributed by atoms with Crippen molar-refractivity contribution in [3.63, 3.8) is 0 Å². The quantitative estimate of drug-likeness (QED) is 0.774. The molecule has 0 N–H and O–H groups in total. The van der Waals surface area contributed by atoms with Crippen LogP contribution in [0.3, 0.4) is 0 Å². The first-order chi connectivity index (χ1) is 10.7. The van der Waals surface area contributed by atoms with E-state index in [1.165, 1.54) is 5.69 Å². The number of rotatable bonds is 7.